The normalized spacial score (nSPS) is 11.5. The zero-order valence-corrected chi connectivity index (χ0v) is 16.5. The van der Waals surface area contributed by atoms with Crippen LogP contribution >= 0.6 is 23.2 Å². The van der Waals surface area contributed by atoms with Crippen molar-refractivity contribution in [2.75, 3.05) is 13.2 Å². The Kier molecular flexibility index (Phi) is 7.46. The zero-order valence-electron chi connectivity index (χ0n) is 14.2. The third kappa shape index (κ3) is 5.45. The van der Waals surface area contributed by atoms with Crippen molar-refractivity contribution in [3.05, 3.63) is 64.1 Å². The van der Waals surface area contributed by atoms with Crippen LogP contribution < -0.4 is 0 Å². The molecule has 0 heterocycles. The third-order valence-corrected chi connectivity index (χ3v) is 6.11. The topological polar surface area (TPSA) is 63.7 Å². The van der Waals surface area contributed by atoms with E-state index in [0.717, 1.165) is 0 Å². The number of nitrogens with zero attached hydrogens (tertiary/aromatic N) is 1. The van der Waals surface area contributed by atoms with E-state index in [1.165, 1.54) is 28.6 Å². The molecule has 0 fully saturated rings. The lowest BCUT2D eigenvalue weighted by Crippen LogP contribution is -2.33. The minimum Gasteiger partial charge on any atom is -0.466 e. The number of hydrogen-bond donors (Lipinski definition) is 0. The molecule has 0 unspecified atom stereocenters. The maximum absolute atomic E-state index is 13.0. The molecule has 0 aliphatic carbocycles. The maximum Gasteiger partial charge on any atom is 0.307 e. The molecule has 0 bridgehead atoms. The molecule has 5 nitrogen and oxygen atoms in total. The van der Waals surface area contributed by atoms with Crippen molar-refractivity contribution in [1.82, 2.24) is 4.31 Å². The Balaban J connectivity index is 2.30. The summed E-state index contributed by atoms with van der Waals surface area (Å²) in [5.74, 6) is -0.456. The van der Waals surface area contributed by atoms with E-state index < -0.39 is 16.0 Å². The fourth-order valence-corrected chi connectivity index (χ4v) is 4.05. The van der Waals surface area contributed by atoms with Crippen LogP contribution in [-0.4, -0.2) is 31.8 Å². The van der Waals surface area contributed by atoms with E-state index in [2.05, 4.69) is 0 Å². The van der Waals surface area contributed by atoms with Crippen molar-refractivity contribution >= 4 is 39.2 Å². The van der Waals surface area contributed by atoms with Gasteiger partial charge in [0.05, 0.1) is 17.9 Å². The van der Waals surface area contributed by atoms with Crippen molar-refractivity contribution < 1.29 is 17.9 Å². The molecule has 2 aromatic rings. The van der Waals surface area contributed by atoms with Crippen LogP contribution in [0.3, 0.4) is 0 Å². The van der Waals surface area contributed by atoms with Crippen LogP contribution in [0.25, 0.3) is 0 Å². The van der Waals surface area contributed by atoms with Crippen LogP contribution in [-0.2, 0) is 26.1 Å². The Morgan fingerprint density at radius 3 is 2.35 bits per heavy atom. The Bertz CT molecular complexity index is 854. The molecule has 0 N–H and O–H groups in total. The molecule has 0 aliphatic rings. The molecule has 2 rings (SSSR count). The van der Waals surface area contributed by atoms with Gasteiger partial charge in [-0.3, -0.25) is 4.79 Å². The monoisotopic (exact) mass is 415 g/mol. The minimum absolute atomic E-state index is 0.0188. The van der Waals surface area contributed by atoms with Crippen LogP contribution in [0.5, 0.6) is 0 Å². The summed E-state index contributed by atoms with van der Waals surface area (Å²) in [6.07, 6.45) is -0.0505. The fourth-order valence-electron chi connectivity index (χ4n) is 2.31. The Morgan fingerprint density at radius 1 is 1.08 bits per heavy atom. The highest BCUT2D eigenvalue weighted by Crippen LogP contribution is 2.23. The van der Waals surface area contributed by atoms with Crippen LogP contribution in [0.4, 0.5) is 0 Å². The number of carbonyl (C=O) groups excluding carboxylic acids is 1. The molecule has 0 saturated carbocycles. The summed E-state index contributed by atoms with van der Waals surface area (Å²) in [6.45, 7) is 1.97. The van der Waals surface area contributed by atoms with Gasteiger partial charge in [0, 0.05) is 23.1 Å². The summed E-state index contributed by atoms with van der Waals surface area (Å²) in [7, 11) is -3.84. The molecule has 0 radical (unpaired) electrons. The molecule has 0 amide bonds. The molecule has 140 valence electrons. The third-order valence-electron chi connectivity index (χ3n) is 3.63. The van der Waals surface area contributed by atoms with Crippen LogP contribution in [0.15, 0.2) is 53.4 Å². The minimum atomic E-state index is -3.84. The van der Waals surface area contributed by atoms with Crippen LogP contribution in [0.1, 0.15) is 18.9 Å². The number of esters is 1. The van der Waals surface area contributed by atoms with Crippen LogP contribution in [0.2, 0.25) is 10.0 Å². The number of hydrogen-bond acceptors (Lipinski definition) is 4. The molecule has 26 heavy (non-hydrogen) atoms. The number of sulfonamides is 1. The maximum atomic E-state index is 13.0. The molecular weight excluding hydrogens is 397 g/mol. The van der Waals surface area contributed by atoms with E-state index in [1.54, 1.807) is 31.2 Å². The first-order valence-corrected chi connectivity index (χ1v) is 10.2. The summed E-state index contributed by atoms with van der Waals surface area (Å²) < 4.78 is 32.1. The van der Waals surface area contributed by atoms with E-state index in [1.807, 2.05) is 0 Å². The molecule has 0 atom stereocenters. The van der Waals surface area contributed by atoms with Crippen molar-refractivity contribution in [1.29, 1.82) is 0 Å². The predicted octanol–water partition coefficient (Wildman–Crippen LogP) is 4.14. The first kappa shape index (κ1) is 20.7. The van der Waals surface area contributed by atoms with Gasteiger partial charge in [0.25, 0.3) is 0 Å². The quantitative estimate of drug-likeness (QED) is 0.607. The van der Waals surface area contributed by atoms with Crippen molar-refractivity contribution in [2.24, 2.45) is 0 Å². The summed E-state index contributed by atoms with van der Waals surface area (Å²) in [6, 6.07) is 12.9. The highest BCUT2D eigenvalue weighted by atomic mass is 35.5. The highest BCUT2D eigenvalue weighted by molar-refractivity contribution is 7.89. The Morgan fingerprint density at radius 2 is 1.73 bits per heavy atom. The fraction of sp³-hybridized carbons (Fsp3) is 0.278. The molecule has 0 aromatic heterocycles. The molecular formula is C18H19Cl2NO4S. The number of halogens is 2. The van der Waals surface area contributed by atoms with E-state index in [-0.39, 0.29) is 31.0 Å². The van der Waals surface area contributed by atoms with Gasteiger partial charge in [0.15, 0.2) is 0 Å². The predicted molar refractivity (Wildman–Crippen MR) is 102 cm³/mol. The van der Waals surface area contributed by atoms with Gasteiger partial charge < -0.3 is 4.74 Å². The molecule has 0 spiro atoms. The number of rotatable bonds is 8. The molecule has 0 saturated heterocycles. The van der Waals surface area contributed by atoms with Gasteiger partial charge >= 0.3 is 5.97 Å². The van der Waals surface area contributed by atoms with Gasteiger partial charge in [-0.25, -0.2) is 8.42 Å². The van der Waals surface area contributed by atoms with E-state index >= 15 is 0 Å². The lowest BCUT2D eigenvalue weighted by molar-refractivity contribution is -0.143. The van der Waals surface area contributed by atoms with E-state index in [0.29, 0.717) is 15.6 Å². The molecule has 0 aliphatic heterocycles. The van der Waals surface area contributed by atoms with Gasteiger partial charge in [-0.1, -0.05) is 41.4 Å². The van der Waals surface area contributed by atoms with Gasteiger partial charge in [-0.15, -0.1) is 0 Å². The van der Waals surface area contributed by atoms with Gasteiger partial charge in [-0.2, -0.15) is 4.31 Å². The average molecular weight is 416 g/mol. The standard InChI is InChI=1S/C18H19Cl2NO4S/c1-2-25-18(22)11-12-21(13-14-5-3-4-6-17(14)20)26(23,24)16-9-7-15(19)8-10-16/h3-10H,2,11-13H2,1H3. The van der Waals surface area contributed by atoms with Gasteiger partial charge in [0.2, 0.25) is 10.0 Å². The first-order chi connectivity index (χ1) is 12.3. The van der Waals surface area contributed by atoms with Gasteiger partial charge in [0.1, 0.15) is 0 Å². The second-order valence-corrected chi connectivity index (χ2v) is 8.22. The highest BCUT2D eigenvalue weighted by Gasteiger charge is 2.26. The summed E-state index contributed by atoms with van der Waals surface area (Å²) in [5, 5.41) is 0.896. The zero-order chi connectivity index (χ0) is 19.2. The smallest absolute Gasteiger partial charge is 0.307 e. The number of benzene rings is 2. The molecule has 2 aromatic carbocycles. The summed E-state index contributed by atoms with van der Waals surface area (Å²) >= 11 is 12.0. The van der Waals surface area contributed by atoms with E-state index in [9.17, 15) is 13.2 Å². The number of carbonyl (C=O) groups is 1. The second kappa shape index (κ2) is 9.37. The van der Waals surface area contributed by atoms with E-state index in [4.69, 9.17) is 27.9 Å². The van der Waals surface area contributed by atoms with Crippen molar-refractivity contribution in [3.8, 4) is 0 Å². The summed E-state index contributed by atoms with van der Waals surface area (Å²) in [5.41, 5.74) is 0.649. The first-order valence-electron chi connectivity index (χ1n) is 7.99. The second-order valence-electron chi connectivity index (χ2n) is 5.44. The SMILES string of the molecule is CCOC(=O)CCN(Cc1ccccc1Cl)S(=O)(=O)c1ccc(Cl)cc1. The van der Waals surface area contributed by atoms with Crippen molar-refractivity contribution in [2.45, 2.75) is 24.8 Å². The lowest BCUT2D eigenvalue weighted by Gasteiger charge is -2.22. The number of ether oxygens (including phenoxy) is 1. The average Bonchev–Trinajstić information content (AvgIpc) is 2.60. The van der Waals surface area contributed by atoms with Crippen molar-refractivity contribution in [3.63, 3.8) is 0 Å². The largest absolute Gasteiger partial charge is 0.466 e. The molecule has 8 heteroatoms. The lowest BCUT2D eigenvalue weighted by atomic mass is 10.2. The van der Waals surface area contributed by atoms with Gasteiger partial charge in [-0.05, 0) is 42.8 Å². The van der Waals surface area contributed by atoms with Crippen LogP contribution in [0, 0.1) is 0 Å². The summed E-state index contributed by atoms with van der Waals surface area (Å²) in [4.78, 5) is 11.8. The Hall–Kier alpha value is -1.60. The Labute approximate surface area is 163 Å².